The maximum Gasteiger partial charge on any atom is 0.338 e. The molecule has 0 aromatic rings. The largest absolute Gasteiger partial charge is 0.461 e. The Kier molecular flexibility index (Phi) is 14.4. The lowest BCUT2D eigenvalue weighted by Gasteiger charge is -2.70. The monoisotopic (exact) mass is 942 g/mol. The zero-order valence-electron chi connectivity index (χ0n) is 40.2. The minimum atomic E-state index is -1.97. The first-order chi connectivity index (χ1) is 31.4. The molecule has 2 aliphatic heterocycles. The quantitative estimate of drug-likeness (QED) is 0.0754. The molecule has 0 spiro atoms. The van der Waals surface area contributed by atoms with Crippen LogP contribution in [0.15, 0.2) is 49.6 Å². The van der Waals surface area contributed by atoms with Gasteiger partial charge in [-0.15, -0.1) is 0 Å². The number of ketones is 1. The van der Waals surface area contributed by atoms with E-state index in [9.17, 15) is 39.9 Å². The van der Waals surface area contributed by atoms with Crippen molar-refractivity contribution in [2.75, 3.05) is 19.8 Å². The van der Waals surface area contributed by atoms with Crippen LogP contribution >= 0.6 is 0 Å². The topological polar surface area (TPSA) is 234 Å². The lowest BCUT2D eigenvalue weighted by atomic mass is 9.33. The Morgan fingerprint density at radius 2 is 1.25 bits per heavy atom. The van der Waals surface area contributed by atoms with E-state index in [1.807, 2.05) is 13.0 Å². The highest BCUT2D eigenvalue weighted by molar-refractivity contribution is 5.95. The standard InChI is InChI=1S/C51H74O16/c1-11-22-61-41(58)37-33(54)32(53)36(57)43(65-37)67-39-35(56)34(55)38(42(59)62-23-12-2)66-44(39)64-31-15-16-49(8)30(46(31,4)5)14-17-51(10)40(49)29(52)25-27-28-26-48(7,45(60)63-24-13-3)19-18-47(28,6)20-21-50(27,51)9/h11-13,25,28,30-40,43-44,53-57H,1-3,14-24,26H2,4-10H3/t28-,30-,31-,32-,33-,34-,35+,36+,37-,38-,39+,40-,43-,44-,47+,48+,49+,50+,51-/m1/s1. The van der Waals surface area contributed by atoms with Crippen LogP contribution in [0.4, 0.5) is 0 Å². The normalized spacial score (nSPS) is 46.7. The van der Waals surface area contributed by atoms with Crippen molar-refractivity contribution in [1.82, 2.24) is 0 Å². The molecular formula is C51H74O16. The second-order valence-corrected chi connectivity index (χ2v) is 22.4. The van der Waals surface area contributed by atoms with Gasteiger partial charge in [0.2, 0.25) is 0 Å². The summed E-state index contributed by atoms with van der Waals surface area (Å²) in [5, 5.41) is 55.4. The molecule has 0 aromatic carbocycles. The summed E-state index contributed by atoms with van der Waals surface area (Å²) in [6.07, 6.45) is -6.40. The van der Waals surface area contributed by atoms with E-state index in [2.05, 4.69) is 61.3 Å². The van der Waals surface area contributed by atoms with Crippen molar-refractivity contribution in [3.8, 4) is 0 Å². The molecule has 374 valence electrons. The van der Waals surface area contributed by atoms with Crippen molar-refractivity contribution in [3.63, 3.8) is 0 Å². The molecule has 0 unspecified atom stereocenters. The fraction of sp³-hybridized carbons (Fsp3) is 0.765. The third-order valence-electron chi connectivity index (χ3n) is 18.2. The van der Waals surface area contributed by atoms with Crippen LogP contribution in [0.2, 0.25) is 0 Å². The van der Waals surface area contributed by atoms with E-state index < -0.39 is 101 Å². The predicted molar refractivity (Wildman–Crippen MR) is 240 cm³/mol. The summed E-state index contributed by atoms with van der Waals surface area (Å²) in [7, 11) is 0. The van der Waals surface area contributed by atoms with Crippen LogP contribution in [0.5, 0.6) is 0 Å². The number of aliphatic hydroxyl groups is 5. The molecule has 7 rings (SSSR count). The first kappa shape index (κ1) is 51.5. The first-order valence-corrected chi connectivity index (χ1v) is 24.0. The average molecular weight is 943 g/mol. The van der Waals surface area contributed by atoms with E-state index >= 15 is 4.79 Å². The predicted octanol–water partition coefficient (Wildman–Crippen LogP) is 4.18. The minimum Gasteiger partial charge on any atom is -0.461 e. The molecule has 67 heavy (non-hydrogen) atoms. The smallest absolute Gasteiger partial charge is 0.338 e. The highest BCUT2D eigenvalue weighted by Crippen LogP contribution is 2.75. The van der Waals surface area contributed by atoms with Crippen LogP contribution in [0, 0.1) is 50.2 Å². The second-order valence-electron chi connectivity index (χ2n) is 22.4. The van der Waals surface area contributed by atoms with Crippen LogP contribution in [-0.2, 0) is 52.3 Å². The Morgan fingerprint density at radius 3 is 1.87 bits per heavy atom. The molecule has 2 heterocycles. The van der Waals surface area contributed by atoms with E-state index in [1.165, 1.54) is 17.7 Å². The number of aliphatic hydroxyl groups excluding tert-OH is 5. The van der Waals surface area contributed by atoms with Crippen LogP contribution in [0.25, 0.3) is 0 Å². The van der Waals surface area contributed by atoms with Crippen molar-refractivity contribution in [2.45, 2.75) is 174 Å². The maximum absolute atomic E-state index is 15.1. The Bertz CT molecular complexity index is 1980. The average Bonchev–Trinajstić information content (AvgIpc) is 3.28. The molecule has 0 aromatic heterocycles. The molecule has 19 atom stereocenters. The highest BCUT2D eigenvalue weighted by atomic mass is 16.8. The number of hydrogen-bond donors (Lipinski definition) is 5. The number of allylic oxidation sites excluding steroid dienone is 2. The van der Waals surface area contributed by atoms with Gasteiger partial charge in [-0.3, -0.25) is 9.59 Å². The van der Waals surface area contributed by atoms with Gasteiger partial charge in [-0.1, -0.05) is 85.1 Å². The number of esters is 3. The van der Waals surface area contributed by atoms with Crippen LogP contribution in [0.1, 0.15) is 106 Å². The molecule has 5 aliphatic carbocycles. The van der Waals surface area contributed by atoms with Crippen LogP contribution in [0.3, 0.4) is 0 Å². The molecule has 7 aliphatic rings. The molecule has 0 amide bonds. The van der Waals surface area contributed by atoms with Gasteiger partial charge in [0.05, 0.1) is 11.5 Å². The lowest BCUT2D eigenvalue weighted by molar-refractivity contribution is -0.371. The van der Waals surface area contributed by atoms with Gasteiger partial charge in [0, 0.05) is 5.92 Å². The number of ether oxygens (including phenoxy) is 7. The summed E-state index contributed by atoms with van der Waals surface area (Å²) in [4.78, 5) is 54.7. The van der Waals surface area contributed by atoms with Gasteiger partial charge >= 0.3 is 17.9 Å². The summed E-state index contributed by atoms with van der Waals surface area (Å²) in [5.41, 5.74) is -1.44. The van der Waals surface area contributed by atoms with Crippen LogP contribution in [-0.4, -0.2) is 137 Å². The molecule has 16 heteroatoms. The molecule has 0 radical (unpaired) electrons. The highest BCUT2D eigenvalue weighted by Gasteiger charge is 2.71. The molecule has 16 nitrogen and oxygen atoms in total. The SMILES string of the molecule is C=CCOC(=O)[C@@H]1O[C@H](O[C@@H]2[C@H](O[C@@H]3CC[C@@]4(C)[C@H](CC[C@]5(C)[C@@H]4C(=O)C=C4[C@H]6C[C@@](C)(C(=O)OCC=C)CC[C@@]6(C)CC[C@@]45C)C3(C)C)O[C@@H](C(=O)OCC=C)[C@H](O)[C@@H]2O)[C@@H](O)[C@H](O)[C@H]1O. The van der Waals surface area contributed by atoms with E-state index in [0.29, 0.717) is 19.3 Å². The molecule has 2 saturated heterocycles. The second kappa shape index (κ2) is 18.8. The Balaban J connectivity index is 1.17. The zero-order valence-corrected chi connectivity index (χ0v) is 40.2. The van der Waals surface area contributed by atoms with Crippen LogP contribution < -0.4 is 0 Å². The van der Waals surface area contributed by atoms with Gasteiger partial charge < -0.3 is 58.7 Å². The van der Waals surface area contributed by atoms with Gasteiger partial charge in [-0.2, -0.15) is 0 Å². The molecule has 0 bridgehead atoms. The fourth-order valence-corrected chi connectivity index (χ4v) is 14.1. The summed E-state index contributed by atoms with van der Waals surface area (Å²) < 4.78 is 40.5. The van der Waals surface area contributed by atoms with Gasteiger partial charge in [-0.05, 0) is 110 Å². The van der Waals surface area contributed by atoms with Gasteiger partial charge in [0.15, 0.2) is 30.6 Å². The number of rotatable bonds is 13. The summed E-state index contributed by atoms with van der Waals surface area (Å²) in [5.74, 6) is -2.57. The minimum absolute atomic E-state index is 0.0388. The molecular weight excluding hydrogens is 869 g/mol. The van der Waals surface area contributed by atoms with Crippen molar-refractivity contribution in [1.29, 1.82) is 0 Å². The molecule has 5 N–H and O–H groups in total. The summed E-state index contributed by atoms with van der Waals surface area (Å²) in [6, 6.07) is 0. The Hall–Kier alpha value is -3.32. The third-order valence-corrected chi connectivity index (χ3v) is 18.2. The lowest BCUT2D eigenvalue weighted by Crippen LogP contribution is -2.68. The maximum atomic E-state index is 15.1. The van der Waals surface area contributed by atoms with Gasteiger partial charge in [-0.25, -0.2) is 9.59 Å². The van der Waals surface area contributed by atoms with E-state index in [0.717, 1.165) is 38.5 Å². The van der Waals surface area contributed by atoms with E-state index in [-0.39, 0.29) is 60.2 Å². The molecule has 4 saturated carbocycles. The zero-order chi connectivity index (χ0) is 49.2. The number of fused-ring (bicyclic) bond motifs is 7. The number of hydrogen-bond acceptors (Lipinski definition) is 16. The number of carbonyl (C=O) groups is 4. The molecule has 6 fully saturated rings. The van der Waals surface area contributed by atoms with Crippen molar-refractivity contribution < 1.29 is 77.9 Å². The van der Waals surface area contributed by atoms with Crippen molar-refractivity contribution in [2.24, 2.45) is 50.2 Å². The first-order valence-electron chi connectivity index (χ1n) is 24.0. The van der Waals surface area contributed by atoms with Crippen molar-refractivity contribution >= 4 is 23.7 Å². The van der Waals surface area contributed by atoms with Gasteiger partial charge in [0.1, 0.15) is 56.4 Å². The van der Waals surface area contributed by atoms with Crippen molar-refractivity contribution in [3.05, 3.63) is 49.6 Å². The summed E-state index contributed by atoms with van der Waals surface area (Å²) >= 11 is 0. The third kappa shape index (κ3) is 8.51. The Labute approximate surface area is 394 Å². The Morgan fingerprint density at radius 1 is 0.687 bits per heavy atom. The summed E-state index contributed by atoms with van der Waals surface area (Å²) in [6.45, 7) is 25.8. The van der Waals surface area contributed by atoms with E-state index in [1.54, 1.807) is 6.08 Å². The fourth-order valence-electron chi connectivity index (χ4n) is 14.1. The van der Waals surface area contributed by atoms with E-state index in [4.69, 9.17) is 33.2 Å². The van der Waals surface area contributed by atoms with Gasteiger partial charge in [0.25, 0.3) is 0 Å². The number of carbonyl (C=O) groups excluding carboxylic acids is 4.